The van der Waals surface area contributed by atoms with E-state index >= 15 is 0 Å². The van der Waals surface area contributed by atoms with E-state index in [1.807, 2.05) is 0 Å². The molecule has 6 nitrogen and oxygen atoms in total. The van der Waals surface area contributed by atoms with Gasteiger partial charge in [0.2, 0.25) is 0 Å². The number of benzene rings is 2. The number of nitrogens with zero attached hydrogens (tertiary/aromatic N) is 2. The Kier molecular flexibility index (Phi) is 5.24. The van der Waals surface area contributed by atoms with Crippen molar-refractivity contribution in [3.05, 3.63) is 70.5 Å². The first-order chi connectivity index (χ1) is 14.3. The van der Waals surface area contributed by atoms with Crippen LogP contribution in [-0.4, -0.2) is 25.9 Å². The molecule has 3 aromatic rings. The summed E-state index contributed by atoms with van der Waals surface area (Å²) in [5.74, 6) is -4.67. The van der Waals surface area contributed by atoms with E-state index in [0.717, 1.165) is 11.3 Å². The van der Waals surface area contributed by atoms with Gasteiger partial charge < -0.3 is 4.90 Å². The summed E-state index contributed by atoms with van der Waals surface area (Å²) < 4.78 is 68.9. The Hall–Kier alpha value is -2.92. The zero-order valence-corrected chi connectivity index (χ0v) is 16.9. The van der Waals surface area contributed by atoms with E-state index < -0.39 is 38.9 Å². The summed E-state index contributed by atoms with van der Waals surface area (Å²) in [5.41, 5.74) is 0.0356. The summed E-state index contributed by atoms with van der Waals surface area (Å²) in [6.07, 6.45) is 2.41. The molecule has 156 valence electrons. The molecule has 30 heavy (non-hydrogen) atoms. The lowest BCUT2D eigenvalue weighted by molar-refractivity contribution is 0.0977. The van der Waals surface area contributed by atoms with Crippen molar-refractivity contribution in [1.82, 2.24) is 4.98 Å². The Bertz CT molecular complexity index is 1210. The topological polar surface area (TPSA) is 79.4 Å². The van der Waals surface area contributed by atoms with Crippen LogP contribution >= 0.6 is 11.3 Å². The number of rotatable bonds is 4. The van der Waals surface area contributed by atoms with Crippen molar-refractivity contribution in [3.8, 4) is 0 Å². The number of amides is 1. The van der Waals surface area contributed by atoms with Crippen molar-refractivity contribution in [3.63, 3.8) is 0 Å². The molecule has 2 aromatic carbocycles. The molecular weight excluding hydrogens is 439 g/mol. The first-order valence-electron chi connectivity index (χ1n) is 8.78. The number of carbonyl (C=O) groups is 1. The molecule has 0 saturated heterocycles. The molecule has 0 atom stereocenters. The molecule has 1 N–H and O–H groups in total. The van der Waals surface area contributed by atoms with Crippen LogP contribution in [0.4, 0.5) is 24.0 Å². The third-order valence-corrected chi connectivity index (χ3v) is 6.75. The average molecular weight is 453 g/mol. The van der Waals surface area contributed by atoms with Crippen LogP contribution in [-0.2, 0) is 16.4 Å². The highest BCUT2D eigenvalue weighted by atomic mass is 32.2. The van der Waals surface area contributed by atoms with Crippen LogP contribution in [0, 0.1) is 17.5 Å². The Morgan fingerprint density at radius 2 is 1.87 bits per heavy atom. The zero-order chi connectivity index (χ0) is 21.5. The van der Waals surface area contributed by atoms with Gasteiger partial charge in [0.05, 0.1) is 4.90 Å². The van der Waals surface area contributed by atoms with E-state index in [0.29, 0.717) is 36.2 Å². The lowest BCUT2D eigenvalue weighted by Gasteiger charge is -2.30. The second-order valence-corrected chi connectivity index (χ2v) is 9.12. The maximum atomic E-state index is 14.1. The summed E-state index contributed by atoms with van der Waals surface area (Å²) in [6.45, 7) is 0.186. The molecular formula is C19H14F3N3O3S2. The van der Waals surface area contributed by atoms with Crippen molar-refractivity contribution in [2.75, 3.05) is 16.2 Å². The molecule has 0 fully saturated rings. The minimum absolute atomic E-state index is 0.0232. The average Bonchev–Trinajstić information content (AvgIpc) is 3.18. The molecule has 1 aromatic heterocycles. The largest absolute Gasteiger partial charge is 0.308 e. The van der Waals surface area contributed by atoms with E-state index in [1.165, 1.54) is 29.3 Å². The molecule has 0 unspecified atom stereocenters. The highest BCUT2D eigenvalue weighted by molar-refractivity contribution is 7.93. The van der Waals surface area contributed by atoms with Gasteiger partial charge in [0.1, 0.15) is 23.0 Å². The summed E-state index contributed by atoms with van der Waals surface area (Å²) in [6, 6.07) is 5.03. The second kappa shape index (κ2) is 7.73. The van der Waals surface area contributed by atoms with Gasteiger partial charge in [-0.25, -0.2) is 26.6 Å². The molecule has 0 radical (unpaired) electrons. The van der Waals surface area contributed by atoms with Crippen LogP contribution in [0.2, 0.25) is 0 Å². The van der Waals surface area contributed by atoms with E-state index in [4.69, 9.17) is 0 Å². The maximum Gasteiger partial charge on any atom is 0.264 e. The monoisotopic (exact) mass is 453 g/mol. The number of anilines is 2. The minimum Gasteiger partial charge on any atom is -0.308 e. The van der Waals surface area contributed by atoms with Crippen LogP contribution in [0.15, 0.2) is 46.8 Å². The molecule has 11 heteroatoms. The fourth-order valence-electron chi connectivity index (χ4n) is 3.28. The van der Waals surface area contributed by atoms with Crippen LogP contribution in [0.25, 0.3) is 0 Å². The molecule has 0 bridgehead atoms. The number of aromatic nitrogens is 1. The first-order valence-corrected chi connectivity index (χ1v) is 11.1. The fraction of sp³-hybridized carbons (Fsp3) is 0.158. The maximum absolute atomic E-state index is 14.1. The molecule has 0 saturated carbocycles. The van der Waals surface area contributed by atoms with Crippen molar-refractivity contribution in [1.29, 1.82) is 0 Å². The number of halogens is 3. The third kappa shape index (κ3) is 3.77. The van der Waals surface area contributed by atoms with E-state index in [9.17, 15) is 26.4 Å². The molecule has 1 amide bonds. The number of sulfonamides is 1. The number of nitrogens with one attached hydrogen (secondary N) is 1. The van der Waals surface area contributed by atoms with Crippen molar-refractivity contribution in [2.24, 2.45) is 0 Å². The number of thiazole rings is 1. The third-order valence-electron chi connectivity index (χ3n) is 4.60. The molecule has 0 spiro atoms. The standard InChI is InChI=1S/C19H14F3N3O3S2/c20-12-9-14(21)17(15(22)10-12)18(26)25-6-1-2-11-8-13(3-4-16(11)25)30(27,28)24-19-23-5-7-29-19/h3-5,7-10H,1-2,6H2,(H,23,24). The molecule has 1 aliphatic rings. The summed E-state index contributed by atoms with van der Waals surface area (Å²) in [4.78, 5) is 17.8. The van der Waals surface area contributed by atoms with Crippen molar-refractivity contribution in [2.45, 2.75) is 17.7 Å². The number of aryl methyl sites for hydroxylation is 1. The van der Waals surface area contributed by atoms with Gasteiger partial charge in [-0.05, 0) is 36.6 Å². The number of fused-ring (bicyclic) bond motifs is 1. The van der Waals surface area contributed by atoms with Crippen LogP contribution in [0.3, 0.4) is 0 Å². The smallest absolute Gasteiger partial charge is 0.264 e. The van der Waals surface area contributed by atoms with Crippen LogP contribution in [0.1, 0.15) is 22.3 Å². The fourth-order valence-corrected chi connectivity index (χ4v) is 5.12. The van der Waals surface area contributed by atoms with Gasteiger partial charge in [-0.15, -0.1) is 11.3 Å². The van der Waals surface area contributed by atoms with E-state index in [1.54, 1.807) is 5.38 Å². The second-order valence-electron chi connectivity index (χ2n) is 6.54. The highest BCUT2D eigenvalue weighted by Crippen LogP contribution is 2.32. The number of hydrogen-bond donors (Lipinski definition) is 1. The lowest BCUT2D eigenvalue weighted by Crippen LogP contribution is -2.36. The summed E-state index contributed by atoms with van der Waals surface area (Å²) in [5, 5.41) is 1.84. The Morgan fingerprint density at radius 1 is 1.13 bits per heavy atom. The normalized spacial score (nSPS) is 13.8. The van der Waals surface area contributed by atoms with Crippen molar-refractivity contribution >= 4 is 38.1 Å². The summed E-state index contributed by atoms with van der Waals surface area (Å²) >= 11 is 1.13. The molecule has 4 rings (SSSR count). The SMILES string of the molecule is O=C(c1c(F)cc(F)cc1F)N1CCCc2cc(S(=O)(=O)Nc3nccs3)ccc21. The van der Waals surface area contributed by atoms with Gasteiger partial charge in [0.25, 0.3) is 15.9 Å². The molecule has 2 heterocycles. The van der Waals surface area contributed by atoms with Gasteiger partial charge >= 0.3 is 0 Å². The Morgan fingerprint density at radius 3 is 2.53 bits per heavy atom. The quantitative estimate of drug-likeness (QED) is 0.649. The predicted molar refractivity (Wildman–Crippen MR) is 106 cm³/mol. The minimum atomic E-state index is -3.89. The molecule has 1 aliphatic heterocycles. The number of carbonyl (C=O) groups excluding carboxylic acids is 1. The van der Waals surface area contributed by atoms with E-state index in [-0.39, 0.29) is 16.6 Å². The van der Waals surface area contributed by atoms with Crippen LogP contribution in [0.5, 0.6) is 0 Å². The van der Waals surface area contributed by atoms with Gasteiger partial charge in [-0.1, -0.05) is 0 Å². The van der Waals surface area contributed by atoms with Gasteiger partial charge in [0, 0.05) is 35.9 Å². The highest BCUT2D eigenvalue weighted by Gasteiger charge is 2.29. The zero-order valence-electron chi connectivity index (χ0n) is 15.2. The first kappa shape index (κ1) is 20.4. The lowest BCUT2D eigenvalue weighted by atomic mass is 10.0. The Labute approximate surface area is 174 Å². The van der Waals surface area contributed by atoms with Gasteiger partial charge in [-0.3, -0.25) is 9.52 Å². The molecule has 0 aliphatic carbocycles. The number of hydrogen-bond acceptors (Lipinski definition) is 5. The van der Waals surface area contributed by atoms with Crippen molar-refractivity contribution < 1.29 is 26.4 Å². The van der Waals surface area contributed by atoms with Gasteiger partial charge in [0.15, 0.2) is 5.13 Å². The Balaban J connectivity index is 1.68. The summed E-state index contributed by atoms with van der Waals surface area (Å²) in [7, 11) is -3.89. The predicted octanol–water partition coefficient (Wildman–Crippen LogP) is 3.95. The van der Waals surface area contributed by atoms with Crippen LogP contribution < -0.4 is 9.62 Å². The van der Waals surface area contributed by atoms with Gasteiger partial charge in [-0.2, -0.15) is 0 Å². The van der Waals surface area contributed by atoms with E-state index in [2.05, 4.69) is 9.71 Å².